The first kappa shape index (κ1) is 14.4. The van der Waals surface area contributed by atoms with Gasteiger partial charge in [0.15, 0.2) is 0 Å². The number of hydrogen-bond donors (Lipinski definition) is 3. The highest BCUT2D eigenvalue weighted by molar-refractivity contribution is 5.71. The SMILES string of the molecule is CCC(CC(=O)O)C(CC(=O)O)CC(=O)O. The highest BCUT2D eigenvalue weighted by atomic mass is 16.4. The Balaban J connectivity index is 4.60. The summed E-state index contributed by atoms with van der Waals surface area (Å²) in [5.74, 6) is -4.28. The van der Waals surface area contributed by atoms with Crippen molar-refractivity contribution in [2.24, 2.45) is 11.8 Å². The minimum Gasteiger partial charge on any atom is -0.481 e. The molecular formula is C10H16O6. The predicted octanol–water partition coefficient (Wildman–Crippen LogP) is 1.05. The molecule has 0 radical (unpaired) electrons. The van der Waals surface area contributed by atoms with Gasteiger partial charge >= 0.3 is 17.9 Å². The number of aliphatic carboxylic acids is 3. The van der Waals surface area contributed by atoms with Crippen molar-refractivity contribution in [3.05, 3.63) is 0 Å². The molecule has 0 aromatic heterocycles. The third-order valence-electron chi connectivity index (χ3n) is 2.50. The van der Waals surface area contributed by atoms with E-state index in [1.54, 1.807) is 6.92 Å². The van der Waals surface area contributed by atoms with Crippen molar-refractivity contribution in [2.45, 2.75) is 32.6 Å². The van der Waals surface area contributed by atoms with Gasteiger partial charge in [-0.2, -0.15) is 0 Å². The first-order valence-electron chi connectivity index (χ1n) is 5.02. The van der Waals surface area contributed by atoms with Crippen LogP contribution in [0.15, 0.2) is 0 Å². The molecule has 0 aromatic rings. The first-order chi connectivity index (χ1) is 7.36. The van der Waals surface area contributed by atoms with Crippen LogP contribution in [-0.2, 0) is 14.4 Å². The van der Waals surface area contributed by atoms with Gasteiger partial charge in [-0.25, -0.2) is 0 Å². The third-order valence-corrected chi connectivity index (χ3v) is 2.50. The second-order valence-corrected chi connectivity index (χ2v) is 3.72. The molecule has 92 valence electrons. The molecule has 0 aliphatic carbocycles. The van der Waals surface area contributed by atoms with Gasteiger partial charge in [0, 0.05) is 19.3 Å². The molecule has 6 heteroatoms. The normalized spacial score (nSPS) is 12.4. The van der Waals surface area contributed by atoms with Crippen LogP contribution in [-0.4, -0.2) is 33.2 Å². The molecule has 16 heavy (non-hydrogen) atoms. The van der Waals surface area contributed by atoms with Crippen LogP contribution in [0.5, 0.6) is 0 Å². The van der Waals surface area contributed by atoms with E-state index < -0.39 is 29.7 Å². The van der Waals surface area contributed by atoms with E-state index in [4.69, 9.17) is 15.3 Å². The van der Waals surface area contributed by atoms with Gasteiger partial charge in [-0.05, 0) is 11.8 Å². The van der Waals surface area contributed by atoms with E-state index >= 15 is 0 Å². The fourth-order valence-electron chi connectivity index (χ4n) is 1.72. The number of carboxylic acid groups (broad SMARTS) is 3. The van der Waals surface area contributed by atoms with E-state index in [0.29, 0.717) is 6.42 Å². The monoisotopic (exact) mass is 232 g/mol. The molecule has 0 saturated heterocycles. The quantitative estimate of drug-likeness (QED) is 0.576. The van der Waals surface area contributed by atoms with Gasteiger partial charge in [0.1, 0.15) is 0 Å². The number of carboxylic acids is 3. The molecule has 3 N–H and O–H groups in total. The Bertz CT molecular complexity index is 256. The van der Waals surface area contributed by atoms with Crippen molar-refractivity contribution in [2.75, 3.05) is 0 Å². The highest BCUT2D eigenvalue weighted by Gasteiger charge is 2.26. The number of hydrogen-bond acceptors (Lipinski definition) is 3. The van der Waals surface area contributed by atoms with Crippen molar-refractivity contribution >= 4 is 17.9 Å². The Hall–Kier alpha value is -1.59. The van der Waals surface area contributed by atoms with E-state index in [9.17, 15) is 14.4 Å². The molecule has 0 heterocycles. The Kier molecular flexibility index (Phi) is 6.14. The van der Waals surface area contributed by atoms with Crippen LogP contribution >= 0.6 is 0 Å². The van der Waals surface area contributed by atoms with Crippen LogP contribution in [0, 0.1) is 11.8 Å². The maximum absolute atomic E-state index is 10.6. The summed E-state index contributed by atoms with van der Waals surface area (Å²) in [6.45, 7) is 1.73. The van der Waals surface area contributed by atoms with Gasteiger partial charge < -0.3 is 15.3 Å². The molecule has 0 amide bonds. The van der Waals surface area contributed by atoms with E-state index in [1.165, 1.54) is 0 Å². The average molecular weight is 232 g/mol. The molecule has 0 spiro atoms. The first-order valence-corrected chi connectivity index (χ1v) is 5.02. The van der Waals surface area contributed by atoms with Crippen molar-refractivity contribution < 1.29 is 29.7 Å². The lowest BCUT2D eigenvalue weighted by molar-refractivity contribution is -0.144. The molecule has 6 nitrogen and oxygen atoms in total. The van der Waals surface area contributed by atoms with Gasteiger partial charge in [0.2, 0.25) is 0 Å². The summed E-state index contributed by atoms with van der Waals surface area (Å²) in [6, 6.07) is 0. The van der Waals surface area contributed by atoms with Gasteiger partial charge in [-0.1, -0.05) is 13.3 Å². The summed E-state index contributed by atoms with van der Waals surface area (Å²) in [5, 5.41) is 25.9. The predicted molar refractivity (Wildman–Crippen MR) is 54.0 cm³/mol. The minimum atomic E-state index is -1.10. The molecule has 0 saturated carbocycles. The molecule has 0 aliphatic rings. The van der Waals surface area contributed by atoms with Crippen LogP contribution in [0.25, 0.3) is 0 Å². The van der Waals surface area contributed by atoms with E-state index in [1.807, 2.05) is 0 Å². The van der Waals surface area contributed by atoms with Crippen LogP contribution in [0.4, 0.5) is 0 Å². The van der Waals surface area contributed by atoms with Gasteiger partial charge in [-0.15, -0.1) is 0 Å². The van der Waals surface area contributed by atoms with Crippen LogP contribution in [0.1, 0.15) is 32.6 Å². The minimum absolute atomic E-state index is 0.193. The van der Waals surface area contributed by atoms with Crippen LogP contribution in [0.3, 0.4) is 0 Å². The van der Waals surface area contributed by atoms with Crippen LogP contribution < -0.4 is 0 Å². The summed E-state index contributed by atoms with van der Waals surface area (Å²) in [6.07, 6.45) is -0.352. The average Bonchev–Trinajstić information content (AvgIpc) is 2.11. The zero-order chi connectivity index (χ0) is 12.7. The topological polar surface area (TPSA) is 112 Å². The van der Waals surface area contributed by atoms with Gasteiger partial charge in [0.25, 0.3) is 0 Å². The second kappa shape index (κ2) is 6.81. The summed E-state index contributed by atoms with van der Waals surface area (Å²) in [4.78, 5) is 31.7. The lowest BCUT2D eigenvalue weighted by Crippen LogP contribution is -2.23. The highest BCUT2D eigenvalue weighted by Crippen LogP contribution is 2.26. The Morgan fingerprint density at radius 2 is 1.12 bits per heavy atom. The summed E-state index contributed by atoms with van der Waals surface area (Å²) in [5.41, 5.74) is 0. The molecule has 1 unspecified atom stereocenters. The summed E-state index contributed by atoms with van der Waals surface area (Å²) < 4.78 is 0. The number of carbonyl (C=O) groups is 3. The standard InChI is InChI=1S/C10H16O6/c1-2-6(3-8(11)12)7(4-9(13)14)5-10(15)16/h6-7H,2-5H2,1H3,(H,11,12)(H,13,14)(H,15,16). The lowest BCUT2D eigenvalue weighted by Gasteiger charge is -2.21. The largest absolute Gasteiger partial charge is 0.481 e. The van der Waals surface area contributed by atoms with Crippen molar-refractivity contribution in [3.8, 4) is 0 Å². The van der Waals surface area contributed by atoms with Crippen LogP contribution in [0.2, 0.25) is 0 Å². The summed E-state index contributed by atoms with van der Waals surface area (Å²) in [7, 11) is 0. The zero-order valence-corrected chi connectivity index (χ0v) is 9.05. The maximum atomic E-state index is 10.6. The van der Waals surface area contributed by atoms with Crippen molar-refractivity contribution in [1.82, 2.24) is 0 Å². The Morgan fingerprint density at radius 3 is 1.38 bits per heavy atom. The zero-order valence-electron chi connectivity index (χ0n) is 9.05. The maximum Gasteiger partial charge on any atom is 0.303 e. The fourth-order valence-corrected chi connectivity index (χ4v) is 1.72. The van der Waals surface area contributed by atoms with Crippen molar-refractivity contribution in [3.63, 3.8) is 0 Å². The van der Waals surface area contributed by atoms with Crippen molar-refractivity contribution in [1.29, 1.82) is 0 Å². The molecule has 1 atom stereocenters. The van der Waals surface area contributed by atoms with Gasteiger partial charge in [0.05, 0.1) is 0 Å². The van der Waals surface area contributed by atoms with E-state index in [2.05, 4.69) is 0 Å². The van der Waals surface area contributed by atoms with E-state index in [-0.39, 0.29) is 19.3 Å². The molecule has 0 aliphatic heterocycles. The van der Waals surface area contributed by atoms with E-state index in [0.717, 1.165) is 0 Å². The molecule has 0 rings (SSSR count). The molecular weight excluding hydrogens is 216 g/mol. The lowest BCUT2D eigenvalue weighted by atomic mass is 9.83. The van der Waals surface area contributed by atoms with Gasteiger partial charge in [-0.3, -0.25) is 14.4 Å². The number of rotatable bonds is 8. The Labute approximate surface area is 92.9 Å². The smallest absolute Gasteiger partial charge is 0.303 e. The second-order valence-electron chi connectivity index (χ2n) is 3.72. The molecule has 0 fully saturated rings. The molecule has 0 bridgehead atoms. The summed E-state index contributed by atoms with van der Waals surface area (Å²) >= 11 is 0. The Morgan fingerprint density at radius 1 is 0.812 bits per heavy atom. The molecule has 0 aromatic carbocycles. The third kappa shape index (κ3) is 6.00. The fraction of sp³-hybridized carbons (Fsp3) is 0.700.